The zero-order chi connectivity index (χ0) is 16.4. The van der Waals surface area contributed by atoms with E-state index in [0.717, 1.165) is 25.0 Å². The molecule has 1 aliphatic carbocycles. The van der Waals surface area contributed by atoms with Gasteiger partial charge in [0, 0.05) is 49.8 Å². The molecule has 0 spiro atoms. The zero-order valence-electron chi connectivity index (χ0n) is 13.3. The van der Waals surface area contributed by atoms with Crippen LogP contribution in [0.4, 0.5) is 5.69 Å². The standard InChI is InChI=1S/C16H23N3O3S/c1-23(21,22)9-6-16(20)18-15-11-19(10-14(15)12-2-3-12)13-4-7-17-8-5-13/h4-5,7-8,12,14-15H,2-3,6,9-11H2,1H3,(H,18,20)/t14-,15+/m1/s1. The van der Waals surface area contributed by atoms with Gasteiger partial charge in [-0.3, -0.25) is 9.78 Å². The van der Waals surface area contributed by atoms with Crippen LogP contribution in [0.15, 0.2) is 24.5 Å². The molecule has 2 atom stereocenters. The van der Waals surface area contributed by atoms with Gasteiger partial charge in [-0.1, -0.05) is 0 Å². The molecule has 1 aromatic heterocycles. The smallest absolute Gasteiger partial charge is 0.221 e. The third-order valence-corrected chi connectivity index (χ3v) is 5.61. The molecule has 1 N–H and O–H groups in total. The lowest BCUT2D eigenvalue weighted by Gasteiger charge is -2.19. The second kappa shape index (κ2) is 6.47. The second-order valence-electron chi connectivity index (χ2n) is 6.67. The van der Waals surface area contributed by atoms with E-state index in [-0.39, 0.29) is 24.1 Å². The molecule has 0 bridgehead atoms. The molecule has 0 radical (unpaired) electrons. The molecule has 1 saturated heterocycles. The van der Waals surface area contributed by atoms with Gasteiger partial charge in [-0.25, -0.2) is 8.42 Å². The van der Waals surface area contributed by atoms with Crippen LogP contribution >= 0.6 is 0 Å². The normalized spacial score (nSPS) is 24.7. The van der Waals surface area contributed by atoms with Crippen LogP contribution < -0.4 is 10.2 Å². The summed E-state index contributed by atoms with van der Waals surface area (Å²) in [5, 5.41) is 3.06. The van der Waals surface area contributed by atoms with Gasteiger partial charge in [-0.15, -0.1) is 0 Å². The maximum atomic E-state index is 12.1. The number of nitrogens with one attached hydrogen (secondary N) is 1. The first-order chi connectivity index (χ1) is 10.9. The predicted molar refractivity (Wildman–Crippen MR) is 88.9 cm³/mol. The highest BCUT2D eigenvalue weighted by molar-refractivity contribution is 7.90. The molecule has 0 unspecified atom stereocenters. The largest absolute Gasteiger partial charge is 0.369 e. The van der Waals surface area contributed by atoms with Gasteiger partial charge < -0.3 is 10.2 Å². The van der Waals surface area contributed by atoms with Crippen LogP contribution in [0, 0.1) is 11.8 Å². The Balaban J connectivity index is 1.62. The molecular formula is C16H23N3O3S. The minimum atomic E-state index is -3.10. The van der Waals surface area contributed by atoms with Gasteiger partial charge in [-0.2, -0.15) is 0 Å². The number of amides is 1. The molecular weight excluding hydrogens is 314 g/mol. The summed E-state index contributed by atoms with van der Waals surface area (Å²) in [6.45, 7) is 1.71. The highest BCUT2D eigenvalue weighted by atomic mass is 32.2. The molecule has 2 fully saturated rings. The molecule has 126 valence electrons. The van der Waals surface area contributed by atoms with Gasteiger partial charge in [0.05, 0.1) is 11.8 Å². The Morgan fingerprint density at radius 1 is 1.30 bits per heavy atom. The predicted octanol–water partition coefficient (Wildman–Crippen LogP) is 0.847. The quantitative estimate of drug-likeness (QED) is 0.832. The van der Waals surface area contributed by atoms with E-state index in [9.17, 15) is 13.2 Å². The van der Waals surface area contributed by atoms with Crippen molar-refractivity contribution in [2.75, 3.05) is 30.0 Å². The molecule has 1 aliphatic heterocycles. The maximum absolute atomic E-state index is 12.1. The molecule has 0 aromatic carbocycles. The van der Waals surface area contributed by atoms with Crippen molar-refractivity contribution in [2.24, 2.45) is 11.8 Å². The Hall–Kier alpha value is -1.63. The van der Waals surface area contributed by atoms with Gasteiger partial charge >= 0.3 is 0 Å². The summed E-state index contributed by atoms with van der Waals surface area (Å²) in [7, 11) is -3.10. The van der Waals surface area contributed by atoms with E-state index in [1.165, 1.54) is 12.8 Å². The number of hydrogen-bond donors (Lipinski definition) is 1. The molecule has 1 aromatic rings. The summed E-state index contributed by atoms with van der Waals surface area (Å²) >= 11 is 0. The van der Waals surface area contributed by atoms with E-state index in [2.05, 4.69) is 15.2 Å². The van der Waals surface area contributed by atoms with Crippen molar-refractivity contribution in [1.29, 1.82) is 0 Å². The fourth-order valence-electron chi connectivity index (χ4n) is 3.31. The Bertz CT molecular complexity index is 658. The molecule has 3 rings (SSSR count). The van der Waals surface area contributed by atoms with Crippen molar-refractivity contribution in [2.45, 2.75) is 25.3 Å². The van der Waals surface area contributed by atoms with E-state index in [1.807, 2.05) is 12.1 Å². The highest BCUT2D eigenvalue weighted by Crippen LogP contribution is 2.42. The van der Waals surface area contributed by atoms with Gasteiger partial charge in [0.25, 0.3) is 0 Å². The van der Waals surface area contributed by atoms with Crippen LogP contribution in [0.5, 0.6) is 0 Å². The summed E-state index contributed by atoms with van der Waals surface area (Å²) in [6, 6.07) is 4.07. The number of rotatable bonds is 6. The Morgan fingerprint density at radius 2 is 2.00 bits per heavy atom. The van der Waals surface area contributed by atoms with E-state index < -0.39 is 9.84 Å². The van der Waals surface area contributed by atoms with E-state index in [1.54, 1.807) is 12.4 Å². The summed E-state index contributed by atoms with van der Waals surface area (Å²) in [5.41, 5.74) is 1.12. The number of nitrogens with zero attached hydrogens (tertiary/aromatic N) is 2. The minimum Gasteiger partial charge on any atom is -0.369 e. The highest BCUT2D eigenvalue weighted by Gasteiger charge is 2.43. The number of aromatic nitrogens is 1. The van der Waals surface area contributed by atoms with Crippen molar-refractivity contribution in [3.8, 4) is 0 Å². The van der Waals surface area contributed by atoms with E-state index in [0.29, 0.717) is 11.8 Å². The first-order valence-electron chi connectivity index (χ1n) is 8.04. The van der Waals surface area contributed by atoms with Gasteiger partial charge in [0.15, 0.2) is 0 Å². The Kier molecular flexibility index (Phi) is 4.57. The molecule has 1 saturated carbocycles. The molecule has 1 amide bonds. The van der Waals surface area contributed by atoms with Gasteiger partial charge in [-0.05, 0) is 30.9 Å². The first-order valence-corrected chi connectivity index (χ1v) is 10.1. The number of carbonyl (C=O) groups is 1. The average Bonchev–Trinajstić information content (AvgIpc) is 3.27. The zero-order valence-corrected chi connectivity index (χ0v) is 14.1. The Morgan fingerprint density at radius 3 is 2.61 bits per heavy atom. The number of sulfone groups is 1. The van der Waals surface area contributed by atoms with Crippen LogP contribution in [0.2, 0.25) is 0 Å². The number of hydrogen-bond acceptors (Lipinski definition) is 5. The second-order valence-corrected chi connectivity index (χ2v) is 8.93. The van der Waals surface area contributed by atoms with Crippen LogP contribution in [-0.4, -0.2) is 50.4 Å². The van der Waals surface area contributed by atoms with Gasteiger partial charge in [0.1, 0.15) is 9.84 Å². The molecule has 23 heavy (non-hydrogen) atoms. The van der Waals surface area contributed by atoms with Crippen LogP contribution in [0.3, 0.4) is 0 Å². The van der Waals surface area contributed by atoms with Crippen molar-refractivity contribution in [3.05, 3.63) is 24.5 Å². The topological polar surface area (TPSA) is 79.4 Å². The van der Waals surface area contributed by atoms with Crippen molar-refractivity contribution < 1.29 is 13.2 Å². The lowest BCUT2D eigenvalue weighted by molar-refractivity contribution is -0.121. The monoisotopic (exact) mass is 337 g/mol. The summed E-state index contributed by atoms with van der Waals surface area (Å²) in [5.74, 6) is 0.878. The number of pyridine rings is 1. The lowest BCUT2D eigenvalue weighted by atomic mass is 9.98. The number of carbonyl (C=O) groups excluding carboxylic acids is 1. The number of anilines is 1. The third-order valence-electron chi connectivity index (χ3n) is 4.67. The average molecular weight is 337 g/mol. The fourth-order valence-corrected chi connectivity index (χ4v) is 3.86. The Labute approximate surface area is 137 Å². The summed E-state index contributed by atoms with van der Waals surface area (Å²) in [4.78, 5) is 18.4. The van der Waals surface area contributed by atoms with Crippen LogP contribution in [0.25, 0.3) is 0 Å². The molecule has 7 heteroatoms. The van der Waals surface area contributed by atoms with Crippen LogP contribution in [-0.2, 0) is 14.6 Å². The first kappa shape index (κ1) is 16.2. The SMILES string of the molecule is CS(=O)(=O)CCC(=O)N[C@H]1CN(c2ccncc2)C[C@@H]1C1CC1. The minimum absolute atomic E-state index is 0.0436. The van der Waals surface area contributed by atoms with E-state index >= 15 is 0 Å². The third kappa shape index (κ3) is 4.43. The van der Waals surface area contributed by atoms with Crippen molar-refractivity contribution in [3.63, 3.8) is 0 Å². The van der Waals surface area contributed by atoms with Crippen molar-refractivity contribution in [1.82, 2.24) is 10.3 Å². The summed E-state index contributed by atoms with van der Waals surface area (Å²) in [6.07, 6.45) is 7.21. The van der Waals surface area contributed by atoms with Crippen molar-refractivity contribution >= 4 is 21.4 Å². The maximum Gasteiger partial charge on any atom is 0.221 e. The van der Waals surface area contributed by atoms with E-state index in [4.69, 9.17) is 0 Å². The van der Waals surface area contributed by atoms with Crippen LogP contribution in [0.1, 0.15) is 19.3 Å². The molecule has 2 heterocycles. The lowest BCUT2D eigenvalue weighted by Crippen LogP contribution is -2.41. The fraction of sp³-hybridized carbons (Fsp3) is 0.625. The molecule has 6 nitrogen and oxygen atoms in total. The van der Waals surface area contributed by atoms with Gasteiger partial charge in [0.2, 0.25) is 5.91 Å². The summed E-state index contributed by atoms with van der Waals surface area (Å²) < 4.78 is 22.4. The molecule has 2 aliphatic rings.